The molecular weight excluding hydrogens is 585 g/mol. The van der Waals surface area contributed by atoms with Crippen molar-refractivity contribution in [1.29, 1.82) is 0 Å². The number of benzene rings is 3. The smallest absolute Gasteiger partial charge is 0.264 e. The second kappa shape index (κ2) is 15.1. The number of sulfonamides is 1. The molecule has 2 amide bonds. The van der Waals surface area contributed by atoms with Gasteiger partial charge in [0.15, 0.2) is 11.5 Å². The van der Waals surface area contributed by atoms with Gasteiger partial charge in [-0.1, -0.05) is 32.0 Å². The van der Waals surface area contributed by atoms with Crippen LogP contribution in [0.25, 0.3) is 0 Å². The highest BCUT2D eigenvalue weighted by Crippen LogP contribution is 2.33. The molecule has 0 heterocycles. The Kier molecular flexibility index (Phi) is 11.8. The maximum Gasteiger partial charge on any atom is 0.264 e. The number of anilines is 1. The van der Waals surface area contributed by atoms with E-state index in [4.69, 9.17) is 9.47 Å². The Hall–Kier alpha value is -4.12. The molecule has 0 saturated carbocycles. The van der Waals surface area contributed by atoms with Gasteiger partial charge < -0.3 is 19.7 Å². The van der Waals surface area contributed by atoms with Crippen molar-refractivity contribution in [2.45, 2.75) is 71.0 Å². The molecule has 3 aromatic carbocycles. The number of amides is 2. The molecule has 44 heavy (non-hydrogen) atoms. The molecule has 9 nitrogen and oxygen atoms in total. The minimum atomic E-state index is -4.33. The number of ether oxygens (including phenoxy) is 2. The summed E-state index contributed by atoms with van der Waals surface area (Å²) >= 11 is 0. The molecule has 2 atom stereocenters. The molecule has 0 aliphatic heterocycles. The lowest BCUT2D eigenvalue weighted by Gasteiger charge is -2.34. The molecule has 0 unspecified atom stereocenters. The minimum Gasteiger partial charge on any atom is -0.493 e. The summed E-state index contributed by atoms with van der Waals surface area (Å²) in [5.74, 6) is -0.813. The molecule has 3 rings (SSSR count). The number of nitrogens with zero attached hydrogens (tertiary/aromatic N) is 2. The summed E-state index contributed by atoms with van der Waals surface area (Å²) in [6, 6.07) is 14.1. The first kappa shape index (κ1) is 34.4. The average Bonchev–Trinajstić information content (AvgIpc) is 2.99. The predicted octanol–water partition coefficient (Wildman–Crippen LogP) is 5.38. The van der Waals surface area contributed by atoms with E-state index in [0.29, 0.717) is 23.4 Å². The maximum atomic E-state index is 14.3. The highest BCUT2D eigenvalue weighted by Gasteiger charge is 2.34. The molecule has 0 spiro atoms. The summed E-state index contributed by atoms with van der Waals surface area (Å²) in [5, 5.41) is 2.94. The second-order valence-corrected chi connectivity index (χ2v) is 12.6. The van der Waals surface area contributed by atoms with Gasteiger partial charge in [0.2, 0.25) is 11.8 Å². The summed E-state index contributed by atoms with van der Waals surface area (Å²) in [6.07, 6.45) is 0.972. The average molecular weight is 628 g/mol. The first-order valence-electron chi connectivity index (χ1n) is 14.5. The SMILES string of the molecule is CC[C@@H](C)NC(=O)[C@@H](CC)N(Cc1ccc(F)cc1)C(=O)CN(c1cc(C)cc(C)c1)S(=O)(=O)c1ccc(OC)c(OC)c1. The fraction of sp³-hybridized carbons (Fsp3) is 0.394. The summed E-state index contributed by atoms with van der Waals surface area (Å²) in [4.78, 5) is 28.9. The van der Waals surface area contributed by atoms with E-state index in [2.05, 4.69) is 5.32 Å². The van der Waals surface area contributed by atoms with E-state index in [9.17, 15) is 22.4 Å². The normalized spacial score (nSPS) is 12.6. The third-order valence-corrected chi connectivity index (χ3v) is 9.14. The van der Waals surface area contributed by atoms with E-state index in [1.54, 1.807) is 19.1 Å². The summed E-state index contributed by atoms with van der Waals surface area (Å²) in [7, 11) is -1.47. The van der Waals surface area contributed by atoms with Crippen molar-refractivity contribution in [3.63, 3.8) is 0 Å². The number of hydrogen-bond acceptors (Lipinski definition) is 6. The summed E-state index contributed by atoms with van der Waals surface area (Å²) in [6.45, 7) is 8.66. The standard InChI is InChI=1S/C33H42FN3O6S/c1-8-24(5)35-33(39)29(9-2)36(20-25-10-12-26(34)13-11-25)32(38)21-37(27-17-22(3)16-23(4)18-27)44(40,41)28-14-15-30(42-6)31(19-28)43-7/h10-19,24,29H,8-9,20-21H2,1-7H3,(H,35,39)/t24-,29-/m1/s1. The number of carbonyl (C=O) groups is 2. The highest BCUT2D eigenvalue weighted by molar-refractivity contribution is 7.92. The molecule has 0 bridgehead atoms. The van der Waals surface area contributed by atoms with Gasteiger partial charge in [0.1, 0.15) is 18.4 Å². The van der Waals surface area contributed by atoms with E-state index in [1.807, 2.05) is 33.8 Å². The van der Waals surface area contributed by atoms with Crippen molar-refractivity contribution >= 4 is 27.5 Å². The lowest BCUT2D eigenvalue weighted by atomic mass is 10.1. The van der Waals surface area contributed by atoms with Crippen LogP contribution in [0.5, 0.6) is 11.5 Å². The van der Waals surface area contributed by atoms with Crippen LogP contribution < -0.4 is 19.1 Å². The van der Waals surface area contributed by atoms with Gasteiger partial charge in [0.25, 0.3) is 10.0 Å². The quantitative estimate of drug-likeness (QED) is 0.258. The Labute approximate surface area is 260 Å². The van der Waals surface area contributed by atoms with Crippen molar-refractivity contribution in [2.75, 3.05) is 25.1 Å². The zero-order valence-corrected chi connectivity index (χ0v) is 27.2. The number of rotatable bonds is 14. The first-order chi connectivity index (χ1) is 20.8. The van der Waals surface area contributed by atoms with Crippen LogP contribution in [0.2, 0.25) is 0 Å². The van der Waals surface area contributed by atoms with Gasteiger partial charge in [0, 0.05) is 18.7 Å². The van der Waals surface area contributed by atoms with Crippen molar-refractivity contribution in [2.24, 2.45) is 0 Å². The van der Waals surface area contributed by atoms with E-state index >= 15 is 0 Å². The fourth-order valence-electron chi connectivity index (χ4n) is 4.87. The zero-order valence-electron chi connectivity index (χ0n) is 26.4. The lowest BCUT2D eigenvalue weighted by Crippen LogP contribution is -2.53. The van der Waals surface area contributed by atoms with Gasteiger partial charge in [-0.2, -0.15) is 0 Å². The van der Waals surface area contributed by atoms with E-state index < -0.39 is 34.3 Å². The molecule has 238 valence electrons. The summed E-state index contributed by atoms with van der Waals surface area (Å²) < 4.78 is 53.9. The molecule has 3 aromatic rings. The Morgan fingerprint density at radius 2 is 1.50 bits per heavy atom. The van der Waals surface area contributed by atoms with Crippen LogP contribution in [0.1, 0.15) is 50.3 Å². The molecule has 0 aliphatic rings. The topological polar surface area (TPSA) is 105 Å². The van der Waals surface area contributed by atoms with E-state index in [-0.39, 0.29) is 35.6 Å². The third-order valence-electron chi connectivity index (χ3n) is 7.37. The van der Waals surface area contributed by atoms with Crippen LogP contribution in [-0.2, 0) is 26.2 Å². The number of carbonyl (C=O) groups excluding carboxylic acids is 2. The van der Waals surface area contributed by atoms with Gasteiger partial charge in [-0.05, 0) is 86.7 Å². The van der Waals surface area contributed by atoms with E-state index in [0.717, 1.165) is 15.4 Å². The number of hydrogen-bond donors (Lipinski definition) is 1. The highest BCUT2D eigenvalue weighted by atomic mass is 32.2. The molecule has 0 aromatic heterocycles. The number of methoxy groups -OCH3 is 2. The fourth-order valence-corrected chi connectivity index (χ4v) is 6.29. The van der Waals surface area contributed by atoms with Crippen LogP contribution in [0.15, 0.2) is 65.6 Å². The lowest BCUT2D eigenvalue weighted by molar-refractivity contribution is -0.140. The molecule has 11 heteroatoms. The first-order valence-corrected chi connectivity index (χ1v) is 16.0. The monoisotopic (exact) mass is 627 g/mol. The van der Waals surface area contributed by atoms with Gasteiger partial charge in [-0.25, -0.2) is 12.8 Å². The Morgan fingerprint density at radius 1 is 0.886 bits per heavy atom. The molecular formula is C33H42FN3O6S. The van der Waals surface area contributed by atoms with Crippen LogP contribution in [-0.4, -0.2) is 58.0 Å². The van der Waals surface area contributed by atoms with Gasteiger partial charge in [-0.15, -0.1) is 0 Å². The van der Waals surface area contributed by atoms with Crippen LogP contribution in [0, 0.1) is 19.7 Å². The Balaban J connectivity index is 2.13. The Bertz CT molecular complexity index is 1540. The number of aryl methyl sites for hydroxylation is 2. The maximum absolute atomic E-state index is 14.3. The van der Waals surface area contributed by atoms with Crippen LogP contribution in [0.3, 0.4) is 0 Å². The molecule has 1 N–H and O–H groups in total. The molecule has 0 aliphatic carbocycles. The van der Waals surface area contributed by atoms with Crippen molar-refractivity contribution < 1.29 is 31.9 Å². The largest absolute Gasteiger partial charge is 0.493 e. The molecule has 0 saturated heterocycles. The minimum absolute atomic E-state index is 0.0252. The van der Waals surface area contributed by atoms with E-state index in [1.165, 1.54) is 61.6 Å². The summed E-state index contributed by atoms with van der Waals surface area (Å²) in [5.41, 5.74) is 2.50. The number of halogens is 1. The van der Waals surface area contributed by atoms with Gasteiger partial charge >= 0.3 is 0 Å². The second-order valence-electron chi connectivity index (χ2n) is 10.8. The number of nitrogens with one attached hydrogen (secondary N) is 1. The zero-order chi connectivity index (χ0) is 32.6. The van der Waals surface area contributed by atoms with Crippen LogP contribution >= 0.6 is 0 Å². The predicted molar refractivity (Wildman–Crippen MR) is 169 cm³/mol. The van der Waals surface area contributed by atoms with Crippen LogP contribution in [0.4, 0.5) is 10.1 Å². The van der Waals surface area contributed by atoms with Crippen molar-refractivity contribution in [3.8, 4) is 11.5 Å². The molecule has 0 radical (unpaired) electrons. The van der Waals surface area contributed by atoms with Crippen molar-refractivity contribution in [1.82, 2.24) is 10.2 Å². The molecule has 0 fully saturated rings. The third kappa shape index (κ3) is 8.28. The van der Waals surface area contributed by atoms with Crippen molar-refractivity contribution in [3.05, 3.63) is 83.2 Å². The Morgan fingerprint density at radius 3 is 2.05 bits per heavy atom. The van der Waals surface area contributed by atoms with Gasteiger partial charge in [-0.3, -0.25) is 13.9 Å². The van der Waals surface area contributed by atoms with Gasteiger partial charge in [0.05, 0.1) is 24.8 Å².